The first kappa shape index (κ1) is 25.2. The normalized spacial score (nSPS) is 10.4. The fraction of sp³-hybridized carbons (Fsp3) is 0.304. The molecule has 2 rings (SSSR count). The predicted molar refractivity (Wildman–Crippen MR) is 124 cm³/mol. The SMILES string of the molecule is CCCCNC(=O)C(=O)N/N=C\c1ccc(OCC(=O)Nc2ccc(OC)cc2)c(OC)c1. The summed E-state index contributed by atoms with van der Waals surface area (Å²) in [6, 6.07) is 11.8. The van der Waals surface area contributed by atoms with Crippen molar-refractivity contribution in [1.82, 2.24) is 10.7 Å². The minimum atomic E-state index is -0.850. The van der Waals surface area contributed by atoms with Crippen LogP contribution in [-0.2, 0) is 14.4 Å². The molecule has 0 saturated heterocycles. The fourth-order valence-corrected chi connectivity index (χ4v) is 2.57. The highest BCUT2D eigenvalue weighted by Crippen LogP contribution is 2.27. The third-order valence-corrected chi connectivity index (χ3v) is 4.32. The van der Waals surface area contributed by atoms with Crippen molar-refractivity contribution in [2.24, 2.45) is 5.10 Å². The van der Waals surface area contributed by atoms with Gasteiger partial charge in [-0.05, 0) is 54.4 Å². The fourth-order valence-electron chi connectivity index (χ4n) is 2.57. The van der Waals surface area contributed by atoms with E-state index in [1.54, 1.807) is 49.6 Å². The maximum Gasteiger partial charge on any atom is 0.329 e. The Labute approximate surface area is 192 Å². The highest BCUT2D eigenvalue weighted by molar-refractivity contribution is 6.35. The smallest absolute Gasteiger partial charge is 0.329 e. The van der Waals surface area contributed by atoms with E-state index in [2.05, 4.69) is 21.2 Å². The Balaban J connectivity index is 1.87. The second-order valence-electron chi connectivity index (χ2n) is 6.78. The number of ether oxygens (including phenoxy) is 3. The number of hydrazone groups is 1. The number of hydrogen-bond donors (Lipinski definition) is 3. The molecule has 10 nitrogen and oxygen atoms in total. The van der Waals surface area contributed by atoms with E-state index >= 15 is 0 Å². The van der Waals surface area contributed by atoms with Crippen LogP contribution in [0.2, 0.25) is 0 Å². The molecule has 0 aliphatic heterocycles. The molecule has 0 heterocycles. The quantitative estimate of drug-likeness (QED) is 0.206. The summed E-state index contributed by atoms with van der Waals surface area (Å²) in [7, 11) is 3.03. The van der Waals surface area contributed by atoms with Gasteiger partial charge in [-0.25, -0.2) is 5.43 Å². The molecular weight excluding hydrogens is 428 g/mol. The van der Waals surface area contributed by atoms with Crippen LogP contribution in [-0.4, -0.2) is 51.3 Å². The number of rotatable bonds is 11. The number of nitrogens with zero attached hydrogens (tertiary/aromatic N) is 1. The van der Waals surface area contributed by atoms with Gasteiger partial charge in [0.25, 0.3) is 5.91 Å². The van der Waals surface area contributed by atoms with Gasteiger partial charge in [-0.1, -0.05) is 13.3 Å². The molecule has 0 atom stereocenters. The van der Waals surface area contributed by atoms with E-state index in [1.165, 1.54) is 13.3 Å². The number of unbranched alkanes of at least 4 members (excludes halogenated alkanes) is 1. The summed E-state index contributed by atoms with van der Waals surface area (Å²) in [5.74, 6) is -0.508. The van der Waals surface area contributed by atoms with Crippen molar-refractivity contribution >= 4 is 29.6 Å². The molecule has 0 bridgehead atoms. The summed E-state index contributed by atoms with van der Waals surface area (Å²) >= 11 is 0. The maximum atomic E-state index is 12.1. The maximum absolute atomic E-state index is 12.1. The van der Waals surface area contributed by atoms with Crippen LogP contribution in [0.1, 0.15) is 25.3 Å². The van der Waals surface area contributed by atoms with E-state index in [9.17, 15) is 14.4 Å². The molecule has 0 aliphatic carbocycles. The molecule has 3 N–H and O–H groups in total. The lowest BCUT2D eigenvalue weighted by molar-refractivity contribution is -0.139. The highest BCUT2D eigenvalue weighted by atomic mass is 16.5. The van der Waals surface area contributed by atoms with Crippen molar-refractivity contribution in [3.8, 4) is 17.2 Å². The summed E-state index contributed by atoms with van der Waals surface area (Å²) < 4.78 is 15.9. The van der Waals surface area contributed by atoms with Crippen molar-refractivity contribution in [1.29, 1.82) is 0 Å². The van der Waals surface area contributed by atoms with Crippen LogP contribution in [0.15, 0.2) is 47.6 Å². The molecule has 0 aliphatic rings. The van der Waals surface area contributed by atoms with Gasteiger partial charge in [0.2, 0.25) is 0 Å². The Bertz CT molecular complexity index is 975. The van der Waals surface area contributed by atoms with Gasteiger partial charge in [0.1, 0.15) is 5.75 Å². The van der Waals surface area contributed by atoms with Gasteiger partial charge >= 0.3 is 11.8 Å². The largest absolute Gasteiger partial charge is 0.497 e. The van der Waals surface area contributed by atoms with Crippen molar-refractivity contribution in [2.45, 2.75) is 19.8 Å². The average Bonchev–Trinajstić information content (AvgIpc) is 2.83. The Morgan fingerprint density at radius 1 is 0.970 bits per heavy atom. The summed E-state index contributed by atoms with van der Waals surface area (Å²) in [4.78, 5) is 35.4. The number of nitrogens with one attached hydrogen (secondary N) is 3. The zero-order chi connectivity index (χ0) is 24.1. The molecule has 2 aromatic carbocycles. The van der Waals surface area contributed by atoms with Crippen molar-refractivity contribution in [3.63, 3.8) is 0 Å². The Morgan fingerprint density at radius 3 is 2.39 bits per heavy atom. The van der Waals surface area contributed by atoms with Crippen molar-refractivity contribution in [3.05, 3.63) is 48.0 Å². The first-order valence-corrected chi connectivity index (χ1v) is 10.3. The van der Waals surface area contributed by atoms with E-state index in [4.69, 9.17) is 14.2 Å². The van der Waals surface area contributed by atoms with E-state index in [0.717, 1.165) is 12.8 Å². The lowest BCUT2D eigenvalue weighted by Gasteiger charge is -2.11. The molecule has 0 aromatic heterocycles. The lowest BCUT2D eigenvalue weighted by Crippen LogP contribution is -2.38. The van der Waals surface area contributed by atoms with E-state index in [-0.39, 0.29) is 12.5 Å². The summed E-state index contributed by atoms with van der Waals surface area (Å²) in [5.41, 5.74) is 3.37. The zero-order valence-corrected chi connectivity index (χ0v) is 18.8. The standard InChI is InChI=1S/C23H28N4O6/c1-4-5-12-24-22(29)23(30)27-25-14-16-6-11-19(20(13-16)32-3)33-15-21(28)26-17-7-9-18(31-2)10-8-17/h6-11,13-14H,4-5,12,15H2,1-3H3,(H,24,29)(H,26,28)(H,27,30)/b25-14-. The van der Waals surface area contributed by atoms with Crippen LogP contribution in [0.25, 0.3) is 0 Å². The van der Waals surface area contributed by atoms with Gasteiger partial charge in [0.15, 0.2) is 18.1 Å². The molecule has 10 heteroatoms. The third-order valence-electron chi connectivity index (χ3n) is 4.32. The minimum absolute atomic E-state index is 0.223. The molecule has 176 valence electrons. The predicted octanol–water partition coefficient (Wildman–Crippen LogP) is 2.09. The van der Waals surface area contributed by atoms with Gasteiger partial charge < -0.3 is 24.8 Å². The van der Waals surface area contributed by atoms with Crippen LogP contribution >= 0.6 is 0 Å². The summed E-state index contributed by atoms with van der Waals surface area (Å²) in [5, 5.41) is 9.00. The number of amides is 3. The molecule has 33 heavy (non-hydrogen) atoms. The minimum Gasteiger partial charge on any atom is -0.497 e. The molecule has 0 saturated carbocycles. The van der Waals surface area contributed by atoms with Gasteiger partial charge in [-0.15, -0.1) is 0 Å². The van der Waals surface area contributed by atoms with E-state index in [1.807, 2.05) is 6.92 Å². The topological polar surface area (TPSA) is 127 Å². The molecule has 0 fully saturated rings. The van der Waals surface area contributed by atoms with E-state index in [0.29, 0.717) is 35.0 Å². The number of methoxy groups -OCH3 is 2. The summed E-state index contributed by atoms with van der Waals surface area (Å²) in [6.45, 7) is 2.20. The molecule has 0 radical (unpaired) electrons. The van der Waals surface area contributed by atoms with Crippen molar-refractivity contribution in [2.75, 3.05) is 32.7 Å². The number of carbonyl (C=O) groups excluding carboxylic acids is 3. The Morgan fingerprint density at radius 2 is 1.73 bits per heavy atom. The van der Waals surface area contributed by atoms with Crippen LogP contribution in [0, 0.1) is 0 Å². The number of anilines is 1. The van der Waals surface area contributed by atoms with Gasteiger partial charge in [0.05, 0.1) is 20.4 Å². The average molecular weight is 456 g/mol. The molecule has 0 spiro atoms. The van der Waals surface area contributed by atoms with Crippen molar-refractivity contribution < 1.29 is 28.6 Å². The molecular formula is C23H28N4O6. The Kier molecular flexibility index (Phi) is 10.2. The monoisotopic (exact) mass is 456 g/mol. The molecule has 0 unspecified atom stereocenters. The second-order valence-corrected chi connectivity index (χ2v) is 6.78. The number of benzene rings is 2. The first-order chi connectivity index (χ1) is 16.0. The first-order valence-electron chi connectivity index (χ1n) is 10.3. The number of carbonyl (C=O) groups is 3. The van der Waals surface area contributed by atoms with Gasteiger partial charge in [0, 0.05) is 12.2 Å². The molecule has 3 amide bonds. The second kappa shape index (κ2) is 13.4. The van der Waals surface area contributed by atoms with Gasteiger partial charge in [-0.2, -0.15) is 5.10 Å². The van der Waals surface area contributed by atoms with Gasteiger partial charge in [-0.3, -0.25) is 14.4 Å². The Hall–Kier alpha value is -4.08. The lowest BCUT2D eigenvalue weighted by atomic mass is 10.2. The van der Waals surface area contributed by atoms with Crippen LogP contribution in [0.3, 0.4) is 0 Å². The van der Waals surface area contributed by atoms with Crippen LogP contribution in [0.5, 0.6) is 17.2 Å². The molecule has 2 aromatic rings. The number of hydrogen-bond acceptors (Lipinski definition) is 7. The van der Waals surface area contributed by atoms with E-state index < -0.39 is 11.8 Å². The zero-order valence-electron chi connectivity index (χ0n) is 18.8. The third kappa shape index (κ3) is 8.52. The van der Waals surface area contributed by atoms with Crippen LogP contribution in [0.4, 0.5) is 5.69 Å². The summed E-state index contributed by atoms with van der Waals surface area (Å²) in [6.07, 6.45) is 3.06. The van der Waals surface area contributed by atoms with Crippen LogP contribution < -0.4 is 30.3 Å². The highest BCUT2D eigenvalue weighted by Gasteiger charge is 2.12.